The highest BCUT2D eigenvalue weighted by Crippen LogP contribution is 2.31. The summed E-state index contributed by atoms with van der Waals surface area (Å²) in [6.07, 6.45) is 1.25. The topological polar surface area (TPSA) is 77.1 Å². The molecule has 1 aromatic rings. The van der Waals surface area contributed by atoms with Crippen LogP contribution in [0.3, 0.4) is 0 Å². The zero-order valence-corrected chi connectivity index (χ0v) is 16.0. The van der Waals surface area contributed by atoms with Gasteiger partial charge in [0.15, 0.2) is 0 Å². The van der Waals surface area contributed by atoms with Gasteiger partial charge in [-0.2, -0.15) is 0 Å². The fourth-order valence-corrected chi connectivity index (χ4v) is 3.10. The van der Waals surface area contributed by atoms with E-state index in [2.05, 4.69) is 19.7 Å². The van der Waals surface area contributed by atoms with Gasteiger partial charge in [0.1, 0.15) is 5.70 Å². The van der Waals surface area contributed by atoms with Crippen molar-refractivity contribution in [2.75, 3.05) is 37.5 Å². The SMILES string of the molecule is COC(=O)/C=C(/Nc1ccc(N2CC(C)OC(C)C2)c(Cl)c1)C(=O)OC. The molecule has 0 aromatic heterocycles. The van der Waals surface area contributed by atoms with Gasteiger partial charge >= 0.3 is 11.9 Å². The number of benzene rings is 1. The second-order valence-electron chi connectivity index (χ2n) is 6.03. The third kappa shape index (κ3) is 5.12. The summed E-state index contributed by atoms with van der Waals surface area (Å²) in [6, 6.07) is 5.33. The minimum atomic E-state index is -0.688. The number of anilines is 2. The van der Waals surface area contributed by atoms with E-state index in [0.717, 1.165) is 24.9 Å². The van der Waals surface area contributed by atoms with E-state index >= 15 is 0 Å². The summed E-state index contributed by atoms with van der Waals surface area (Å²) in [4.78, 5) is 25.4. The number of nitrogens with one attached hydrogen (secondary N) is 1. The molecule has 0 aliphatic carbocycles. The normalized spacial score (nSPS) is 20.5. The molecular weight excluding hydrogens is 360 g/mol. The fraction of sp³-hybridized carbons (Fsp3) is 0.444. The average molecular weight is 383 g/mol. The number of rotatable bonds is 5. The van der Waals surface area contributed by atoms with Gasteiger partial charge in [-0.3, -0.25) is 0 Å². The molecule has 2 rings (SSSR count). The molecule has 0 radical (unpaired) electrons. The van der Waals surface area contributed by atoms with Crippen molar-refractivity contribution in [3.63, 3.8) is 0 Å². The van der Waals surface area contributed by atoms with Crippen molar-refractivity contribution in [3.8, 4) is 0 Å². The van der Waals surface area contributed by atoms with Crippen LogP contribution < -0.4 is 10.2 Å². The lowest BCUT2D eigenvalue weighted by Gasteiger charge is -2.37. The lowest BCUT2D eigenvalue weighted by molar-refractivity contribution is -0.138. The molecule has 1 N–H and O–H groups in total. The number of morpholine rings is 1. The van der Waals surface area contributed by atoms with E-state index in [1.807, 2.05) is 19.9 Å². The molecule has 26 heavy (non-hydrogen) atoms. The van der Waals surface area contributed by atoms with Gasteiger partial charge in [-0.15, -0.1) is 0 Å². The molecule has 0 amide bonds. The van der Waals surface area contributed by atoms with E-state index in [0.29, 0.717) is 10.7 Å². The predicted octanol–water partition coefficient (Wildman–Crippen LogP) is 2.60. The van der Waals surface area contributed by atoms with E-state index in [-0.39, 0.29) is 17.9 Å². The maximum atomic E-state index is 11.8. The Kier molecular flexibility index (Phi) is 6.88. The highest BCUT2D eigenvalue weighted by atomic mass is 35.5. The number of carbonyl (C=O) groups is 2. The zero-order chi connectivity index (χ0) is 19.3. The first-order valence-corrected chi connectivity index (χ1v) is 8.56. The number of halogens is 1. The molecule has 1 aromatic carbocycles. The van der Waals surface area contributed by atoms with E-state index in [1.54, 1.807) is 12.1 Å². The largest absolute Gasteiger partial charge is 0.466 e. The van der Waals surface area contributed by atoms with Crippen LogP contribution in [0.15, 0.2) is 30.0 Å². The standard InChI is InChI=1S/C18H23ClN2O5/c1-11-9-21(10-12(2)26-11)16-6-5-13(7-14(16)19)20-15(18(23)25-4)8-17(22)24-3/h5-8,11-12,20H,9-10H2,1-4H3/b15-8+. The van der Waals surface area contributed by atoms with Gasteiger partial charge in [0, 0.05) is 18.8 Å². The summed E-state index contributed by atoms with van der Waals surface area (Å²) in [6.45, 7) is 5.53. The molecule has 0 spiro atoms. The summed E-state index contributed by atoms with van der Waals surface area (Å²) < 4.78 is 15.0. The first kappa shape index (κ1) is 20.1. The third-order valence-electron chi connectivity index (χ3n) is 3.86. The van der Waals surface area contributed by atoms with Crippen molar-refractivity contribution in [1.82, 2.24) is 0 Å². The Labute approximate surface area is 157 Å². The van der Waals surface area contributed by atoms with Crippen molar-refractivity contribution in [2.45, 2.75) is 26.1 Å². The van der Waals surface area contributed by atoms with Crippen molar-refractivity contribution in [2.24, 2.45) is 0 Å². The number of hydrogen-bond acceptors (Lipinski definition) is 7. The molecule has 1 saturated heterocycles. The molecule has 0 saturated carbocycles. The van der Waals surface area contributed by atoms with Crippen LogP contribution in [0, 0.1) is 0 Å². The summed E-state index contributed by atoms with van der Waals surface area (Å²) in [5.41, 5.74) is 1.39. The Balaban J connectivity index is 2.21. The summed E-state index contributed by atoms with van der Waals surface area (Å²) in [5.74, 6) is -1.36. The predicted molar refractivity (Wildman–Crippen MR) is 99.4 cm³/mol. The molecule has 1 aliphatic rings. The number of ether oxygens (including phenoxy) is 3. The summed E-state index contributed by atoms with van der Waals surface area (Å²) >= 11 is 6.44. The molecule has 1 heterocycles. The van der Waals surface area contributed by atoms with Gasteiger partial charge in [0.25, 0.3) is 0 Å². The van der Waals surface area contributed by atoms with Gasteiger partial charge in [0.05, 0.1) is 43.2 Å². The minimum Gasteiger partial charge on any atom is -0.466 e. The monoisotopic (exact) mass is 382 g/mol. The molecule has 2 unspecified atom stereocenters. The van der Waals surface area contributed by atoms with Crippen LogP contribution in [0.5, 0.6) is 0 Å². The first-order chi connectivity index (χ1) is 12.3. The van der Waals surface area contributed by atoms with Crippen LogP contribution in [0.25, 0.3) is 0 Å². The number of nitrogens with zero attached hydrogens (tertiary/aromatic N) is 1. The molecular formula is C18H23ClN2O5. The molecule has 0 bridgehead atoms. The van der Waals surface area contributed by atoms with E-state index < -0.39 is 11.9 Å². The van der Waals surface area contributed by atoms with Gasteiger partial charge in [-0.25, -0.2) is 9.59 Å². The van der Waals surface area contributed by atoms with Crippen LogP contribution in [-0.4, -0.2) is 51.5 Å². The Morgan fingerprint density at radius 1 is 1.23 bits per heavy atom. The minimum absolute atomic E-state index is 0.0446. The highest BCUT2D eigenvalue weighted by Gasteiger charge is 2.24. The zero-order valence-electron chi connectivity index (χ0n) is 15.2. The lowest BCUT2D eigenvalue weighted by atomic mass is 10.2. The Hall–Kier alpha value is -2.25. The van der Waals surface area contributed by atoms with Gasteiger partial charge < -0.3 is 24.4 Å². The Morgan fingerprint density at radius 3 is 2.42 bits per heavy atom. The average Bonchev–Trinajstić information content (AvgIpc) is 2.59. The van der Waals surface area contributed by atoms with Gasteiger partial charge in [-0.1, -0.05) is 11.6 Å². The molecule has 1 aliphatic heterocycles. The van der Waals surface area contributed by atoms with Gasteiger partial charge in [0.2, 0.25) is 0 Å². The van der Waals surface area contributed by atoms with E-state index in [9.17, 15) is 9.59 Å². The molecule has 1 fully saturated rings. The van der Waals surface area contributed by atoms with Crippen LogP contribution >= 0.6 is 11.6 Å². The van der Waals surface area contributed by atoms with Crippen molar-refractivity contribution >= 4 is 34.9 Å². The highest BCUT2D eigenvalue weighted by molar-refractivity contribution is 6.33. The maximum Gasteiger partial charge on any atom is 0.354 e. The quantitative estimate of drug-likeness (QED) is 0.619. The molecule has 7 nitrogen and oxygen atoms in total. The maximum absolute atomic E-state index is 11.8. The Bertz CT molecular complexity index is 697. The molecule has 142 valence electrons. The summed E-state index contributed by atoms with van der Waals surface area (Å²) in [7, 11) is 2.45. The molecule has 8 heteroatoms. The van der Waals surface area contributed by atoms with Crippen LogP contribution in [0.4, 0.5) is 11.4 Å². The number of carbonyl (C=O) groups excluding carboxylic acids is 2. The van der Waals surface area contributed by atoms with E-state index in [1.165, 1.54) is 14.2 Å². The van der Waals surface area contributed by atoms with Crippen LogP contribution in [0.1, 0.15) is 13.8 Å². The molecule has 2 atom stereocenters. The van der Waals surface area contributed by atoms with Crippen molar-refractivity contribution < 1.29 is 23.8 Å². The third-order valence-corrected chi connectivity index (χ3v) is 4.16. The van der Waals surface area contributed by atoms with E-state index in [4.69, 9.17) is 16.3 Å². The number of hydrogen-bond donors (Lipinski definition) is 1. The summed E-state index contributed by atoms with van der Waals surface area (Å²) in [5, 5.41) is 3.37. The second-order valence-corrected chi connectivity index (χ2v) is 6.43. The Morgan fingerprint density at radius 2 is 1.88 bits per heavy atom. The number of methoxy groups -OCH3 is 2. The lowest BCUT2D eigenvalue weighted by Crippen LogP contribution is -2.45. The van der Waals surface area contributed by atoms with Crippen LogP contribution in [0.2, 0.25) is 5.02 Å². The van der Waals surface area contributed by atoms with Crippen molar-refractivity contribution in [1.29, 1.82) is 0 Å². The van der Waals surface area contributed by atoms with Gasteiger partial charge in [-0.05, 0) is 32.0 Å². The second kappa shape index (κ2) is 8.91. The van der Waals surface area contributed by atoms with Crippen LogP contribution in [-0.2, 0) is 23.8 Å². The first-order valence-electron chi connectivity index (χ1n) is 8.19. The smallest absolute Gasteiger partial charge is 0.354 e. The fourth-order valence-electron chi connectivity index (χ4n) is 2.80. The number of esters is 2. The van der Waals surface area contributed by atoms with Crippen molar-refractivity contribution in [3.05, 3.63) is 35.0 Å².